The van der Waals surface area contributed by atoms with E-state index in [1.807, 2.05) is 12.1 Å². The minimum absolute atomic E-state index is 0.0465. The lowest BCUT2D eigenvalue weighted by Crippen LogP contribution is -2.31. The minimum atomic E-state index is -0.817. The van der Waals surface area contributed by atoms with Crippen molar-refractivity contribution < 1.29 is 14.7 Å². The van der Waals surface area contributed by atoms with Crippen molar-refractivity contribution in [2.45, 2.75) is 18.8 Å². The van der Waals surface area contributed by atoms with Gasteiger partial charge in [0.1, 0.15) is 0 Å². The normalized spacial score (nSPS) is 27.7. The van der Waals surface area contributed by atoms with E-state index in [-0.39, 0.29) is 17.7 Å². The molecule has 1 heterocycles. The highest BCUT2D eigenvalue weighted by atomic mass is 35.5. The number of nitrogens with zero attached hydrogens (tertiary/aromatic N) is 1. The number of carbonyl (C=O) groups is 2. The van der Waals surface area contributed by atoms with Crippen molar-refractivity contribution in [3.05, 3.63) is 33.8 Å². The molecule has 1 saturated carbocycles. The lowest BCUT2D eigenvalue weighted by Gasteiger charge is -2.15. The summed E-state index contributed by atoms with van der Waals surface area (Å²) in [6, 6.07) is 5.46. The Morgan fingerprint density at radius 1 is 1.24 bits per heavy atom. The molecule has 21 heavy (non-hydrogen) atoms. The summed E-state index contributed by atoms with van der Waals surface area (Å²) in [5.74, 6) is -1.04. The van der Waals surface area contributed by atoms with Gasteiger partial charge in [0.25, 0.3) is 0 Å². The molecule has 0 bridgehead atoms. The molecule has 3 rings (SSSR count). The number of aliphatic carboxylic acids is 1. The Morgan fingerprint density at radius 3 is 2.62 bits per heavy atom. The number of rotatable bonds is 3. The average molecular weight is 328 g/mol. The van der Waals surface area contributed by atoms with Crippen LogP contribution < -0.4 is 0 Å². The van der Waals surface area contributed by atoms with Gasteiger partial charge in [-0.05, 0) is 36.5 Å². The van der Waals surface area contributed by atoms with Gasteiger partial charge >= 0.3 is 5.97 Å². The molecule has 1 saturated heterocycles. The van der Waals surface area contributed by atoms with E-state index in [1.165, 1.54) is 0 Å². The average Bonchev–Trinajstić information content (AvgIpc) is 3.08. The first-order chi connectivity index (χ1) is 9.97. The lowest BCUT2D eigenvalue weighted by atomic mass is 10.1. The number of amides is 1. The van der Waals surface area contributed by atoms with E-state index in [1.54, 1.807) is 11.0 Å². The molecule has 3 atom stereocenters. The van der Waals surface area contributed by atoms with Crippen molar-refractivity contribution in [1.29, 1.82) is 0 Å². The van der Waals surface area contributed by atoms with Crippen molar-refractivity contribution in [3.63, 3.8) is 0 Å². The van der Waals surface area contributed by atoms with Gasteiger partial charge in [-0.25, -0.2) is 0 Å². The maximum atomic E-state index is 12.4. The quantitative estimate of drug-likeness (QED) is 0.928. The van der Waals surface area contributed by atoms with Crippen LogP contribution in [0.3, 0.4) is 0 Å². The molecule has 1 aromatic carbocycles. The molecule has 1 aliphatic carbocycles. The molecule has 0 spiro atoms. The number of benzene rings is 1. The number of carbonyl (C=O) groups excluding carboxylic acids is 1. The zero-order valence-electron chi connectivity index (χ0n) is 11.3. The molecule has 1 aromatic rings. The largest absolute Gasteiger partial charge is 0.481 e. The Bertz CT molecular complexity index is 605. The van der Waals surface area contributed by atoms with Gasteiger partial charge in [0.2, 0.25) is 5.91 Å². The standard InChI is InChI=1S/C15H15Cl2NO3/c16-12-2-1-8(5-13(12)17)10-6-11(10)14(19)18-4-3-9(7-18)15(20)21/h1-2,5,9-11H,3-4,6-7H2,(H,20,21)/t9-,10-,11+/m1/s1. The second-order valence-corrected chi connectivity index (χ2v) is 6.54. The van der Waals surface area contributed by atoms with Crippen LogP contribution >= 0.6 is 23.2 Å². The summed E-state index contributed by atoms with van der Waals surface area (Å²) in [5, 5.41) is 10.00. The van der Waals surface area contributed by atoms with E-state index in [0.29, 0.717) is 29.6 Å². The molecule has 2 aliphatic rings. The van der Waals surface area contributed by atoms with Gasteiger partial charge in [0.05, 0.1) is 16.0 Å². The third-order valence-electron chi connectivity index (χ3n) is 4.33. The van der Waals surface area contributed by atoms with Crippen LogP contribution in [-0.2, 0) is 9.59 Å². The highest BCUT2D eigenvalue weighted by molar-refractivity contribution is 6.42. The maximum absolute atomic E-state index is 12.4. The fraction of sp³-hybridized carbons (Fsp3) is 0.467. The Labute approximate surface area is 132 Å². The van der Waals surface area contributed by atoms with E-state index in [2.05, 4.69) is 0 Å². The molecule has 6 heteroatoms. The first-order valence-corrected chi connectivity index (χ1v) is 7.69. The van der Waals surface area contributed by atoms with Crippen LogP contribution in [0.25, 0.3) is 0 Å². The number of carboxylic acid groups (broad SMARTS) is 1. The summed E-state index contributed by atoms with van der Waals surface area (Å²) in [4.78, 5) is 25.0. The van der Waals surface area contributed by atoms with Gasteiger partial charge in [0.15, 0.2) is 0 Å². The SMILES string of the molecule is O=C(O)[C@@H]1CCN(C(=O)[C@H]2C[C@@H]2c2ccc(Cl)c(Cl)c2)C1. The summed E-state index contributed by atoms with van der Waals surface area (Å²) in [5.41, 5.74) is 1.02. The molecule has 0 radical (unpaired) electrons. The van der Waals surface area contributed by atoms with Crippen LogP contribution in [0, 0.1) is 11.8 Å². The number of halogens is 2. The Morgan fingerprint density at radius 2 is 2.00 bits per heavy atom. The topological polar surface area (TPSA) is 57.6 Å². The number of hydrogen-bond donors (Lipinski definition) is 1. The van der Waals surface area contributed by atoms with Crippen LogP contribution in [0.1, 0.15) is 24.3 Å². The van der Waals surface area contributed by atoms with Crippen molar-refractivity contribution in [3.8, 4) is 0 Å². The van der Waals surface area contributed by atoms with Gasteiger partial charge < -0.3 is 10.0 Å². The van der Waals surface area contributed by atoms with Gasteiger partial charge in [-0.1, -0.05) is 29.3 Å². The van der Waals surface area contributed by atoms with E-state index in [4.69, 9.17) is 28.3 Å². The fourth-order valence-electron chi connectivity index (χ4n) is 2.98. The van der Waals surface area contributed by atoms with Gasteiger partial charge in [-0.3, -0.25) is 9.59 Å². The van der Waals surface area contributed by atoms with Crippen molar-refractivity contribution in [2.24, 2.45) is 11.8 Å². The van der Waals surface area contributed by atoms with Crippen LogP contribution in [-0.4, -0.2) is 35.0 Å². The Kier molecular flexibility index (Phi) is 3.84. The van der Waals surface area contributed by atoms with Gasteiger partial charge in [0, 0.05) is 19.0 Å². The maximum Gasteiger partial charge on any atom is 0.308 e. The van der Waals surface area contributed by atoms with Crippen molar-refractivity contribution in [2.75, 3.05) is 13.1 Å². The highest BCUT2D eigenvalue weighted by Crippen LogP contribution is 2.49. The molecule has 1 N–H and O–H groups in total. The molecule has 2 fully saturated rings. The second-order valence-electron chi connectivity index (χ2n) is 5.73. The van der Waals surface area contributed by atoms with Crippen LogP contribution in [0.4, 0.5) is 0 Å². The molecule has 112 valence electrons. The van der Waals surface area contributed by atoms with E-state index < -0.39 is 11.9 Å². The molecular weight excluding hydrogens is 313 g/mol. The predicted octanol–water partition coefficient (Wildman–Crippen LogP) is 3.03. The molecule has 4 nitrogen and oxygen atoms in total. The first-order valence-electron chi connectivity index (χ1n) is 6.94. The third-order valence-corrected chi connectivity index (χ3v) is 5.07. The monoisotopic (exact) mass is 327 g/mol. The van der Waals surface area contributed by atoms with E-state index in [9.17, 15) is 9.59 Å². The van der Waals surface area contributed by atoms with E-state index in [0.717, 1.165) is 12.0 Å². The molecule has 1 amide bonds. The summed E-state index contributed by atoms with van der Waals surface area (Å²) < 4.78 is 0. The van der Waals surface area contributed by atoms with Crippen molar-refractivity contribution in [1.82, 2.24) is 4.90 Å². The molecular formula is C15H15Cl2NO3. The van der Waals surface area contributed by atoms with Gasteiger partial charge in [-0.2, -0.15) is 0 Å². The summed E-state index contributed by atoms with van der Waals surface area (Å²) >= 11 is 11.9. The van der Waals surface area contributed by atoms with Crippen LogP contribution in [0.2, 0.25) is 10.0 Å². The fourth-order valence-corrected chi connectivity index (χ4v) is 3.28. The zero-order valence-corrected chi connectivity index (χ0v) is 12.8. The highest BCUT2D eigenvalue weighted by Gasteiger charge is 2.47. The number of carboxylic acids is 1. The molecule has 0 aromatic heterocycles. The number of hydrogen-bond acceptors (Lipinski definition) is 2. The third kappa shape index (κ3) is 2.87. The smallest absolute Gasteiger partial charge is 0.308 e. The zero-order chi connectivity index (χ0) is 15.1. The van der Waals surface area contributed by atoms with Crippen LogP contribution in [0.15, 0.2) is 18.2 Å². The summed E-state index contributed by atoms with van der Waals surface area (Å²) in [6.45, 7) is 0.874. The minimum Gasteiger partial charge on any atom is -0.481 e. The number of likely N-dealkylation sites (tertiary alicyclic amines) is 1. The summed E-state index contributed by atoms with van der Waals surface area (Å²) in [6.07, 6.45) is 1.34. The predicted molar refractivity (Wildman–Crippen MR) is 79.6 cm³/mol. The van der Waals surface area contributed by atoms with E-state index >= 15 is 0 Å². The van der Waals surface area contributed by atoms with Gasteiger partial charge in [-0.15, -0.1) is 0 Å². The van der Waals surface area contributed by atoms with Crippen molar-refractivity contribution >= 4 is 35.1 Å². The molecule has 1 aliphatic heterocycles. The van der Waals surface area contributed by atoms with Crippen LogP contribution in [0.5, 0.6) is 0 Å². The Hall–Kier alpha value is -1.26. The first kappa shape index (κ1) is 14.7. The second kappa shape index (κ2) is 5.50. The Balaban J connectivity index is 1.64. The summed E-state index contributed by atoms with van der Waals surface area (Å²) in [7, 11) is 0. The molecule has 0 unspecified atom stereocenters. The lowest BCUT2D eigenvalue weighted by molar-refractivity contribution is -0.141.